The lowest BCUT2D eigenvalue weighted by atomic mass is 10.1. The molecule has 0 saturated carbocycles. The van der Waals surface area contributed by atoms with E-state index < -0.39 is 0 Å². The molecule has 0 spiro atoms. The van der Waals surface area contributed by atoms with Crippen molar-refractivity contribution in [3.8, 4) is 0 Å². The number of hydrogen-bond donors (Lipinski definition) is 1. The lowest BCUT2D eigenvalue weighted by Crippen LogP contribution is -2.15. The van der Waals surface area contributed by atoms with Gasteiger partial charge in [0.15, 0.2) is 0 Å². The van der Waals surface area contributed by atoms with E-state index in [1.54, 1.807) is 0 Å². The third kappa shape index (κ3) is 3.36. The van der Waals surface area contributed by atoms with Crippen LogP contribution in [-0.2, 0) is 13.0 Å². The predicted molar refractivity (Wildman–Crippen MR) is 75.9 cm³/mol. The van der Waals surface area contributed by atoms with Gasteiger partial charge >= 0.3 is 0 Å². The van der Waals surface area contributed by atoms with Crippen molar-refractivity contribution in [2.75, 3.05) is 5.32 Å². The van der Waals surface area contributed by atoms with Crippen LogP contribution in [0.5, 0.6) is 0 Å². The van der Waals surface area contributed by atoms with E-state index in [-0.39, 0.29) is 0 Å². The highest BCUT2D eigenvalue weighted by atomic mass is 15.2. The van der Waals surface area contributed by atoms with Crippen molar-refractivity contribution in [2.45, 2.75) is 39.8 Å². The lowest BCUT2D eigenvalue weighted by molar-refractivity contribution is 0.691. The zero-order valence-electron chi connectivity index (χ0n) is 11.4. The molecular weight excluding hydrogens is 222 g/mol. The Morgan fingerprint density at radius 1 is 1.33 bits per heavy atom. The van der Waals surface area contributed by atoms with Gasteiger partial charge in [-0.25, -0.2) is 4.98 Å². The molecule has 2 aromatic rings. The highest BCUT2D eigenvalue weighted by Crippen LogP contribution is 2.10. The third-order valence-electron chi connectivity index (χ3n) is 2.86. The van der Waals surface area contributed by atoms with Gasteiger partial charge in [0.2, 0.25) is 5.95 Å². The maximum Gasteiger partial charge on any atom is 0.202 e. The molecule has 0 fully saturated rings. The summed E-state index contributed by atoms with van der Waals surface area (Å²) in [6.07, 6.45) is 4.91. The molecule has 0 aliphatic rings. The molecule has 0 radical (unpaired) electrons. The van der Waals surface area contributed by atoms with Gasteiger partial charge in [0.05, 0.1) is 0 Å². The minimum absolute atomic E-state index is 0.408. The number of rotatable bonds is 5. The molecule has 0 aliphatic heterocycles. The lowest BCUT2D eigenvalue weighted by Gasteiger charge is -2.12. The number of aromatic nitrogens is 2. The molecule has 2 rings (SSSR count). The maximum atomic E-state index is 4.34. The monoisotopic (exact) mass is 243 g/mol. The number of nitrogens with zero attached hydrogens (tertiary/aromatic N) is 2. The minimum atomic E-state index is 0.408. The first kappa shape index (κ1) is 12.7. The quantitative estimate of drug-likeness (QED) is 0.873. The summed E-state index contributed by atoms with van der Waals surface area (Å²) in [4.78, 5) is 4.34. The average molecular weight is 243 g/mol. The Balaban J connectivity index is 2.00. The van der Waals surface area contributed by atoms with Crippen molar-refractivity contribution in [3.05, 3.63) is 47.8 Å². The van der Waals surface area contributed by atoms with Crippen molar-refractivity contribution in [3.63, 3.8) is 0 Å². The second kappa shape index (κ2) is 5.71. The summed E-state index contributed by atoms with van der Waals surface area (Å²) >= 11 is 0. The zero-order chi connectivity index (χ0) is 13.0. The van der Waals surface area contributed by atoms with Crippen molar-refractivity contribution in [1.82, 2.24) is 9.55 Å². The zero-order valence-corrected chi connectivity index (χ0v) is 11.4. The van der Waals surface area contributed by atoms with Crippen LogP contribution in [0.4, 0.5) is 5.95 Å². The third-order valence-corrected chi connectivity index (χ3v) is 2.86. The van der Waals surface area contributed by atoms with Gasteiger partial charge in [0, 0.05) is 25.0 Å². The van der Waals surface area contributed by atoms with Crippen molar-refractivity contribution >= 4 is 5.95 Å². The van der Waals surface area contributed by atoms with E-state index in [1.165, 1.54) is 11.1 Å². The molecule has 1 aromatic heterocycles. The van der Waals surface area contributed by atoms with Crippen LogP contribution in [0.1, 0.15) is 25.0 Å². The van der Waals surface area contributed by atoms with E-state index in [2.05, 4.69) is 59.9 Å². The van der Waals surface area contributed by atoms with Crippen molar-refractivity contribution in [2.24, 2.45) is 0 Å². The van der Waals surface area contributed by atoms with Gasteiger partial charge in [0.1, 0.15) is 0 Å². The van der Waals surface area contributed by atoms with Gasteiger partial charge in [0.25, 0.3) is 0 Å². The van der Waals surface area contributed by atoms with Crippen LogP contribution in [0.25, 0.3) is 0 Å². The Morgan fingerprint density at radius 2 is 2.17 bits per heavy atom. The SMILES string of the molecule is Cc1cccc(CCn2ccnc2NC(C)C)c1. The van der Waals surface area contributed by atoms with Gasteiger partial charge in [-0.2, -0.15) is 0 Å². The molecule has 0 saturated heterocycles. The molecular formula is C15H21N3. The van der Waals surface area contributed by atoms with Crippen LogP contribution < -0.4 is 5.32 Å². The summed E-state index contributed by atoms with van der Waals surface area (Å²) in [5.74, 6) is 0.956. The summed E-state index contributed by atoms with van der Waals surface area (Å²) in [5.41, 5.74) is 2.69. The molecule has 3 heteroatoms. The van der Waals surface area contributed by atoms with E-state index >= 15 is 0 Å². The molecule has 3 nitrogen and oxygen atoms in total. The number of hydrogen-bond acceptors (Lipinski definition) is 2. The number of benzene rings is 1. The highest BCUT2D eigenvalue weighted by Gasteiger charge is 2.03. The Kier molecular flexibility index (Phi) is 4.03. The van der Waals surface area contributed by atoms with Gasteiger partial charge in [-0.3, -0.25) is 0 Å². The molecule has 0 atom stereocenters. The molecule has 96 valence electrons. The van der Waals surface area contributed by atoms with Crippen molar-refractivity contribution < 1.29 is 0 Å². The van der Waals surface area contributed by atoms with Crippen LogP contribution in [0.3, 0.4) is 0 Å². The second-order valence-electron chi connectivity index (χ2n) is 4.98. The standard InChI is InChI=1S/C15H21N3/c1-12(2)17-15-16-8-10-18(15)9-7-14-6-4-5-13(3)11-14/h4-6,8,10-12H,7,9H2,1-3H3,(H,16,17). The summed E-state index contributed by atoms with van der Waals surface area (Å²) in [6.45, 7) is 7.34. The minimum Gasteiger partial charge on any atom is -0.353 e. The summed E-state index contributed by atoms with van der Waals surface area (Å²) in [5, 5.41) is 3.35. The van der Waals surface area contributed by atoms with Gasteiger partial charge in [-0.1, -0.05) is 29.8 Å². The molecule has 0 bridgehead atoms. The smallest absolute Gasteiger partial charge is 0.202 e. The van der Waals surface area contributed by atoms with Gasteiger partial charge in [-0.15, -0.1) is 0 Å². The Labute approximate surface area is 109 Å². The van der Waals surface area contributed by atoms with Gasteiger partial charge in [-0.05, 0) is 32.8 Å². The number of imidazole rings is 1. The predicted octanol–water partition coefficient (Wildman–Crippen LogP) is 3.25. The van der Waals surface area contributed by atoms with Crippen LogP contribution in [-0.4, -0.2) is 15.6 Å². The Morgan fingerprint density at radius 3 is 2.89 bits per heavy atom. The average Bonchev–Trinajstić information content (AvgIpc) is 2.73. The molecule has 1 heterocycles. The Bertz CT molecular complexity index is 500. The highest BCUT2D eigenvalue weighted by molar-refractivity contribution is 5.27. The summed E-state index contributed by atoms with van der Waals surface area (Å²) in [7, 11) is 0. The molecule has 0 unspecified atom stereocenters. The van der Waals surface area contributed by atoms with E-state index in [9.17, 15) is 0 Å². The number of aryl methyl sites for hydroxylation is 3. The number of nitrogens with one attached hydrogen (secondary N) is 1. The fraction of sp³-hybridized carbons (Fsp3) is 0.400. The normalized spacial score (nSPS) is 10.9. The van der Waals surface area contributed by atoms with Gasteiger partial charge < -0.3 is 9.88 Å². The fourth-order valence-electron chi connectivity index (χ4n) is 2.01. The summed E-state index contributed by atoms with van der Waals surface area (Å²) < 4.78 is 2.17. The molecule has 1 aromatic carbocycles. The Hall–Kier alpha value is -1.77. The molecule has 0 amide bonds. The summed E-state index contributed by atoms with van der Waals surface area (Å²) in [6, 6.07) is 9.08. The van der Waals surface area contributed by atoms with Crippen LogP contribution in [0.2, 0.25) is 0 Å². The van der Waals surface area contributed by atoms with E-state index in [1.807, 2.05) is 12.4 Å². The van der Waals surface area contributed by atoms with Crippen LogP contribution in [0, 0.1) is 6.92 Å². The first-order chi connectivity index (χ1) is 8.65. The molecule has 0 aliphatic carbocycles. The van der Waals surface area contributed by atoms with E-state index in [0.29, 0.717) is 6.04 Å². The first-order valence-corrected chi connectivity index (χ1v) is 6.48. The molecule has 1 N–H and O–H groups in total. The number of anilines is 1. The van der Waals surface area contributed by atoms with Crippen LogP contribution >= 0.6 is 0 Å². The largest absolute Gasteiger partial charge is 0.353 e. The maximum absolute atomic E-state index is 4.34. The fourth-order valence-corrected chi connectivity index (χ4v) is 2.01. The molecule has 18 heavy (non-hydrogen) atoms. The van der Waals surface area contributed by atoms with Crippen molar-refractivity contribution in [1.29, 1.82) is 0 Å². The van der Waals surface area contributed by atoms with Crippen LogP contribution in [0.15, 0.2) is 36.7 Å². The topological polar surface area (TPSA) is 29.9 Å². The van der Waals surface area contributed by atoms with E-state index in [4.69, 9.17) is 0 Å². The first-order valence-electron chi connectivity index (χ1n) is 6.48. The second-order valence-corrected chi connectivity index (χ2v) is 4.98. The van der Waals surface area contributed by atoms with E-state index in [0.717, 1.165) is 18.9 Å².